The highest BCUT2D eigenvalue weighted by Crippen LogP contribution is 2.30. The number of hydrogen-bond donors (Lipinski definition) is 1. The van der Waals surface area contributed by atoms with Crippen LogP contribution in [0, 0.1) is 6.92 Å². The number of carbonyl (C=O) groups is 2. The lowest BCUT2D eigenvalue weighted by Crippen LogP contribution is -2.21. The molecule has 0 fully saturated rings. The molecule has 0 aromatic heterocycles. The highest BCUT2D eigenvalue weighted by Gasteiger charge is 2.13. The van der Waals surface area contributed by atoms with Gasteiger partial charge in [0.15, 0.2) is 6.61 Å². The molecule has 0 unspecified atom stereocenters. The third kappa shape index (κ3) is 4.97. The number of esters is 1. The van der Waals surface area contributed by atoms with Gasteiger partial charge in [-0.05, 0) is 42.7 Å². The predicted molar refractivity (Wildman–Crippen MR) is 97.5 cm³/mol. The zero-order valence-electron chi connectivity index (χ0n) is 14.4. The number of halogens is 1. The molecule has 2 rings (SSSR count). The number of amides is 1. The normalized spacial score (nSPS) is 10.2. The Labute approximate surface area is 151 Å². The Morgan fingerprint density at radius 2 is 1.84 bits per heavy atom. The number of carbonyl (C=O) groups excluding carboxylic acids is 2. The first-order chi connectivity index (χ1) is 11.9. The molecular formula is C19H20ClNO4. The topological polar surface area (TPSA) is 64.6 Å². The molecule has 0 spiro atoms. The van der Waals surface area contributed by atoms with E-state index in [0.717, 1.165) is 17.5 Å². The molecule has 1 N–H and O–H groups in total. The van der Waals surface area contributed by atoms with Gasteiger partial charge in [-0.1, -0.05) is 30.7 Å². The highest BCUT2D eigenvalue weighted by atomic mass is 35.5. The fourth-order valence-corrected chi connectivity index (χ4v) is 2.36. The van der Waals surface area contributed by atoms with E-state index in [0.29, 0.717) is 22.0 Å². The summed E-state index contributed by atoms with van der Waals surface area (Å²) in [5.41, 5.74) is 2.80. The highest BCUT2D eigenvalue weighted by molar-refractivity contribution is 6.31. The Kier molecular flexibility index (Phi) is 6.42. The summed E-state index contributed by atoms with van der Waals surface area (Å²) in [4.78, 5) is 24.0. The van der Waals surface area contributed by atoms with E-state index in [2.05, 4.69) is 5.32 Å². The van der Waals surface area contributed by atoms with Crippen LogP contribution in [0.1, 0.15) is 28.4 Å². The number of methoxy groups -OCH3 is 1. The van der Waals surface area contributed by atoms with Crippen LogP contribution in [0.15, 0.2) is 36.4 Å². The molecule has 2 aromatic carbocycles. The molecule has 132 valence electrons. The Hall–Kier alpha value is -2.53. The van der Waals surface area contributed by atoms with Crippen LogP contribution < -0.4 is 10.1 Å². The molecule has 0 radical (unpaired) electrons. The van der Waals surface area contributed by atoms with Crippen molar-refractivity contribution in [3.8, 4) is 5.75 Å². The predicted octanol–water partition coefficient (Wildman–Crippen LogP) is 4.01. The molecule has 1 amide bonds. The van der Waals surface area contributed by atoms with Crippen molar-refractivity contribution in [3.63, 3.8) is 0 Å². The molecule has 0 saturated carbocycles. The summed E-state index contributed by atoms with van der Waals surface area (Å²) >= 11 is 6.03. The maximum Gasteiger partial charge on any atom is 0.338 e. The second-order valence-electron chi connectivity index (χ2n) is 5.48. The van der Waals surface area contributed by atoms with E-state index >= 15 is 0 Å². The summed E-state index contributed by atoms with van der Waals surface area (Å²) in [5.74, 6) is -0.568. The Bertz CT molecular complexity index is 772. The van der Waals surface area contributed by atoms with Crippen LogP contribution in [-0.4, -0.2) is 25.6 Å². The molecule has 2 aromatic rings. The summed E-state index contributed by atoms with van der Waals surface area (Å²) in [5, 5.41) is 3.19. The van der Waals surface area contributed by atoms with E-state index in [1.807, 2.05) is 26.0 Å². The minimum absolute atomic E-state index is 0.390. The zero-order valence-corrected chi connectivity index (χ0v) is 15.1. The molecule has 0 aliphatic heterocycles. The molecule has 5 nitrogen and oxygen atoms in total. The van der Waals surface area contributed by atoms with Gasteiger partial charge in [0.25, 0.3) is 5.91 Å². The molecule has 0 aliphatic carbocycles. The molecule has 25 heavy (non-hydrogen) atoms. The molecule has 6 heteroatoms. The standard InChI is InChI=1S/C19H20ClNO4/c1-4-13-5-7-14(8-6-13)19(23)25-11-18(22)21-16-9-12(2)15(20)10-17(16)24-3/h5-10H,4,11H2,1-3H3,(H,21,22). The Morgan fingerprint density at radius 3 is 2.44 bits per heavy atom. The second-order valence-corrected chi connectivity index (χ2v) is 5.88. The van der Waals surface area contributed by atoms with Crippen LogP contribution >= 0.6 is 11.6 Å². The molecule has 0 aliphatic rings. The van der Waals surface area contributed by atoms with Crippen LogP contribution in [-0.2, 0) is 16.0 Å². The quantitative estimate of drug-likeness (QED) is 0.789. The maximum atomic E-state index is 12.0. The molecular weight excluding hydrogens is 342 g/mol. The van der Waals surface area contributed by atoms with Gasteiger partial charge in [-0.25, -0.2) is 4.79 Å². The molecule has 0 heterocycles. The van der Waals surface area contributed by atoms with Crippen molar-refractivity contribution in [3.05, 3.63) is 58.1 Å². The summed E-state index contributed by atoms with van der Waals surface area (Å²) in [6.45, 7) is 3.46. The van der Waals surface area contributed by atoms with Gasteiger partial charge in [0.2, 0.25) is 0 Å². The summed E-state index contributed by atoms with van der Waals surface area (Å²) < 4.78 is 10.2. The molecule has 0 bridgehead atoms. The van der Waals surface area contributed by atoms with Crippen molar-refractivity contribution in [2.24, 2.45) is 0 Å². The number of ether oxygens (including phenoxy) is 2. The van der Waals surface area contributed by atoms with Crippen molar-refractivity contribution < 1.29 is 19.1 Å². The van der Waals surface area contributed by atoms with Crippen molar-refractivity contribution >= 4 is 29.2 Å². The van der Waals surface area contributed by atoms with Gasteiger partial charge in [0.1, 0.15) is 5.75 Å². The number of hydrogen-bond acceptors (Lipinski definition) is 4. The summed E-state index contributed by atoms with van der Waals surface area (Å²) in [6, 6.07) is 10.4. The SMILES string of the molecule is CCc1ccc(C(=O)OCC(=O)Nc2cc(C)c(Cl)cc2OC)cc1. The average Bonchev–Trinajstić information content (AvgIpc) is 2.62. The van der Waals surface area contributed by atoms with E-state index in [1.165, 1.54) is 7.11 Å². The van der Waals surface area contributed by atoms with Crippen molar-refractivity contribution in [1.82, 2.24) is 0 Å². The lowest BCUT2D eigenvalue weighted by molar-refractivity contribution is -0.119. The van der Waals surface area contributed by atoms with Crippen LogP contribution in [0.4, 0.5) is 5.69 Å². The number of rotatable bonds is 6. The Balaban J connectivity index is 1.96. The monoisotopic (exact) mass is 361 g/mol. The summed E-state index contributed by atoms with van der Waals surface area (Å²) in [6.07, 6.45) is 0.889. The third-order valence-corrected chi connectivity index (χ3v) is 4.09. The van der Waals surface area contributed by atoms with Crippen LogP contribution in [0.5, 0.6) is 5.75 Å². The van der Waals surface area contributed by atoms with Crippen molar-refractivity contribution in [2.75, 3.05) is 19.0 Å². The van der Waals surface area contributed by atoms with Gasteiger partial charge < -0.3 is 14.8 Å². The second kappa shape index (κ2) is 8.53. The number of nitrogens with one attached hydrogen (secondary N) is 1. The van der Waals surface area contributed by atoms with Gasteiger partial charge in [0.05, 0.1) is 18.4 Å². The fraction of sp³-hybridized carbons (Fsp3) is 0.263. The average molecular weight is 362 g/mol. The third-order valence-electron chi connectivity index (χ3n) is 3.69. The lowest BCUT2D eigenvalue weighted by atomic mass is 10.1. The lowest BCUT2D eigenvalue weighted by Gasteiger charge is -2.12. The number of anilines is 1. The maximum absolute atomic E-state index is 12.0. The largest absolute Gasteiger partial charge is 0.495 e. The first kappa shape index (κ1) is 18.8. The van der Waals surface area contributed by atoms with Crippen molar-refractivity contribution in [2.45, 2.75) is 20.3 Å². The first-order valence-corrected chi connectivity index (χ1v) is 8.22. The molecule has 0 saturated heterocycles. The van der Waals surface area contributed by atoms with E-state index < -0.39 is 11.9 Å². The van der Waals surface area contributed by atoms with Gasteiger partial charge >= 0.3 is 5.97 Å². The van der Waals surface area contributed by atoms with E-state index in [4.69, 9.17) is 21.1 Å². The number of aryl methyl sites for hydroxylation is 2. The number of benzene rings is 2. The van der Waals surface area contributed by atoms with E-state index in [9.17, 15) is 9.59 Å². The van der Waals surface area contributed by atoms with E-state index in [1.54, 1.807) is 24.3 Å². The van der Waals surface area contributed by atoms with Crippen LogP contribution in [0.25, 0.3) is 0 Å². The minimum atomic E-state index is -0.544. The van der Waals surface area contributed by atoms with Crippen LogP contribution in [0.2, 0.25) is 5.02 Å². The van der Waals surface area contributed by atoms with Crippen molar-refractivity contribution in [1.29, 1.82) is 0 Å². The van der Waals surface area contributed by atoms with Gasteiger partial charge in [0, 0.05) is 11.1 Å². The zero-order chi connectivity index (χ0) is 18.4. The Morgan fingerprint density at radius 1 is 1.16 bits per heavy atom. The van der Waals surface area contributed by atoms with Gasteiger partial charge in [-0.2, -0.15) is 0 Å². The smallest absolute Gasteiger partial charge is 0.338 e. The minimum Gasteiger partial charge on any atom is -0.495 e. The van der Waals surface area contributed by atoms with Crippen LogP contribution in [0.3, 0.4) is 0 Å². The van der Waals surface area contributed by atoms with Gasteiger partial charge in [-0.3, -0.25) is 4.79 Å². The van der Waals surface area contributed by atoms with Gasteiger partial charge in [-0.15, -0.1) is 0 Å². The van der Waals surface area contributed by atoms with E-state index in [-0.39, 0.29) is 6.61 Å². The first-order valence-electron chi connectivity index (χ1n) is 7.84. The summed E-state index contributed by atoms with van der Waals surface area (Å²) in [7, 11) is 1.48. The fourth-order valence-electron chi connectivity index (χ4n) is 2.21. The molecule has 0 atom stereocenters.